The molecule has 136 valence electrons. The van der Waals surface area contributed by atoms with E-state index in [4.69, 9.17) is 0 Å². The zero-order chi connectivity index (χ0) is 18.4. The van der Waals surface area contributed by atoms with Crippen molar-refractivity contribution >= 4 is 12.0 Å². The quantitative estimate of drug-likeness (QED) is 0.767. The zero-order valence-electron chi connectivity index (χ0n) is 14.6. The van der Waals surface area contributed by atoms with Crippen molar-refractivity contribution in [2.45, 2.75) is 6.42 Å². The van der Waals surface area contributed by atoms with Gasteiger partial charge in [0.25, 0.3) is 0 Å². The van der Waals surface area contributed by atoms with Crippen LogP contribution < -0.4 is 0 Å². The molecule has 1 fully saturated rings. The van der Waals surface area contributed by atoms with E-state index in [0.29, 0.717) is 13.1 Å². The van der Waals surface area contributed by atoms with E-state index in [2.05, 4.69) is 17.0 Å². The fourth-order valence-corrected chi connectivity index (χ4v) is 3.05. The van der Waals surface area contributed by atoms with Gasteiger partial charge in [-0.3, -0.25) is 9.69 Å². The van der Waals surface area contributed by atoms with Crippen LogP contribution in [0.4, 0.5) is 8.78 Å². The van der Waals surface area contributed by atoms with E-state index in [-0.39, 0.29) is 11.5 Å². The Morgan fingerprint density at radius 2 is 1.58 bits per heavy atom. The molecule has 0 saturated carbocycles. The van der Waals surface area contributed by atoms with Crippen LogP contribution >= 0.6 is 0 Å². The van der Waals surface area contributed by atoms with Crippen molar-refractivity contribution in [1.29, 1.82) is 0 Å². The average molecular weight is 356 g/mol. The predicted octanol–water partition coefficient (Wildman–Crippen LogP) is 3.36. The Morgan fingerprint density at radius 1 is 0.923 bits per heavy atom. The van der Waals surface area contributed by atoms with Crippen LogP contribution in [-0.4, -0.2) is 48.4 Å². The third kappa shape index (κ3) is 4.76. The number of rotatable bonds is 5. The third-order valence-corrected chi connectivity index (χ3v) is 4.64. The summed E-state index contributed by atoms with van der Waals surface area (Å²) in [6.07, 6.45) is 3.46. The maximum atomic E-state index is 13.6. The fraction of sp³-hybridized carbons (Fsp3) is 0.286. The molecule has 26 heavy (non-hydrogen) atoms. The summed E-state index contributed by atoms with van der Waals surface area (Å²) >= 11 is 0. The van der Waals surface area contributed by atoms with Gasteiger partial charge in [-0.15, -0.1) is 0 Å². The number of halogens is 2. The minimum absolute atomic E-state index is 0.178. The van der Waals surface area contributed by atoms with Crippen LogP contribution in [-0.2, 0) is 11.2 Å². The third-order valence-electron chi connectivity index (χ3n) is 4.64. The number of piperazine rings is 1. The zero-order valence-corrected chi connectivity index (χ0v) is 14.6. The van der Waals surface area contributed by atoms with Gasteiger partial charge in [-0.05, 0) is 30.2 Å². The van der Waals surface area contributed by atoms with Gasteiger partial charge in [0, 0.05) is 44.4 Å². The topological polar surface area (TPSA) is 23.6 Å². The standard InChI is InChI=1S/C21H22F2N2O/c22-19-7-4-8-20(23)18(19)9-10-21(26)25-15-13-24(14-16-25)12-11-17-5-2-1-3-6-17/h1-10H,11-16H2. The Kier molecular flexibility index (Phi) is 6.12. The monoisotopic (exact) mass is 356 g/mol. The van der Waals surface area contributed by atoms with Crippen LogP contribution in [0, 0.1) is 11.6 Å². The molecule has 2 aromatic carbocycles. The Labute approximate surface area is 152 Å². The largest absolute Gasteiger partial charge is 0.337 e. The first kappa shape index (κ1) is 18.3. The van der Waals surface area contributed by atoms with Crippen molar-refractivity contribution in [2.75, 3.05) is 32.7 Å². The first-order chi connectivity index (χ1) is 12.6. The van der Waals surface area contributed by atoms with E-state index in [1.807, 2.05) is 18.2 Å². The smallest absolute Gasteiger partial charge is 0.246 e. The Hall–Kier alpha value is -2.53. The molecule has 5 heteroatoms. The van der Waals surface area contributed by atoms with Crippen molar-refractivity contribution in [3.63, 3.8) is 0 Å². The first-order valence-electron chi connectivity index (χ1n) is 8.81. The Bertz CT molecular complexity index is 749. The fourth-order valence-electron chi connectivity index (χ4n) is 3.05. The summed E-state index contributed by atoms with van der Waals surface area (Å²) in [6, 6.07) is 14.0. The molecule has 0 spiro atoms. The summed E-state index contributed by atoms with van der Waals surface area (Å²) in [6.45, 7) is 3.82. The van der Waals surface area contributed by atoms with Gasteiger partial charge in [-0.25, -0.2) is 8.78 Å². The lowest BCUT2D eigenvalue weighted by molar-refractivity contribution is -0.127. The molecule has 1 heterocycles. The van der Waals surface area contributed by atoms with E-state index in [1.54, 1.807) is 4.90 Å². The number of hydrogen-bond donors (Lipinski definition) is 0. The molecule has 3 rings (SSSR count). The van der Waals surface area contributed by atoms with Gasteiger partial charge in [-0.1, -0.05) is 36.4 Å². The molecule has 2 aromatic rings. The molecular formula is C21H22F2N2O. The minimum Gasteiger partial charge on any atom is -0.337 e. The predicted molar refractivity (Wildman–Crippen MR) is 98.6 cm³/mol. The van der Waals surface area contributed by atoms with E-state index < -0.39 is 11.6 Å². The van der Waals surface area contributed by atoms with Gasteiger partial charge in [0.1, 0.15) is 11.6 Å². The highest BCUT2D eigenvalue weighted by atomic mass is 19.1. The second kappa shape index (κ2) is 8.72. The van der Waals surface area contributed by atoms with Crippen LogP contribution in [0.25, 0.3) is 6.08 Å². The molecule has 3 nitrogen and oxygen atoms in total. The second-order valence-corrected chi connectivity index (χ2v) is 6.37. The lowest BCUT2D eigenvalue weighted by Crippen LogP contribution is -2.48. The van der Waals surface area contributed by atoms with E-state index in [0.717, 1.165) is 26.1 Å². The van der Waals surface area contributed by atoms with Crippen molar-refractivity contribution in [3.8, 4) is 0 Å². The average Bonchev–Trinajstić information content (AvgIpc) is 2.67. The molecule has 0 atom stereocenters. The molecule has 1 aliphatic heterocycles. The van der Waals surface area contributed by atoms with Crippen LogP contribution in [0.3, 0.4) is 0 Å². The van der Waals surface area contributed by atoms with E-state index in [9.17, 15) is 13.6 Å². The summed E-state index contributed by atoms with van der Waals surface area (Å²) in [4.78, 5) is 16.3. The molecule has 0 aromatic heterocycles. The van der Waals surface area contributed by atoms with E-state index in [1.165, 1.54) is 35.9 Å². The minimum atomic E-state index is -0.667. The van der Waals surface area contributed by atoms with Crippen molar-refractivity contribution in [2.24, 2.45) is 0 Å². The summed E-state index contributed by atoms with van der Waals surface area (Å²) in [5, 5.41) is 0. The first-order valence-corrected chi connectivity index (χ1v) is 8.81. The number of nitrogens with zero attached hydrogens (tertiary/aromatic N) is 2. The Balaban J connectivity index is 1.48. The molecule has 1 aliphatic rings. The van der Waals surface area contributed by atoms with Gasteiger partial charge in [-0.2, -0.15) is 0 Å². The van der Waals surface area contributed by atoms with Gasteiger partial charge < -0.3 is 4.90 Å². The highest BCUT2D eigenvalue weighted by Crippen LogP contribution is 2.14. The molecule has 0 unspecified atom stereocenters. The van der Waals surface area contributed by atoms with Crippen LogP contribution in [0.2, 0.25) is 0 Å². The highest BCUT2D eigenvalue weighted by Gasteiger charge is 2.19. The van der Waals surface area contributed by atoms with Crippen molar-refractivity contribution < 1.29 is 13.6 Å². The number of carbonyl (C=O) groups is 1. The van der Waals surface area contributed by atoms with Crippen molar-refractivity contribution in [3.05, 3.63) is 77.4 Å². The van der Waals surface area contributed by atoms with Gasteiger partial charge in [0.2, 0.25) is 5.91 Å². The summed E-state index contributed by atoms with van der Waals surface area (Å²) in [5.41, 5.74) is 1.13. The van der Waals surface area contributed by atoms with Crippen molar-refractivity contribution in [1.82, 2.24) is 9.80 Å². The lowest BCUT2D eigenvalue weighted by atomic mass is 10.1. The molecule has 1 saturated heterocycles. The van der Waals surface area contributed by atoms with Gasteiger partial charge in [0.05, 0.1) is 0 Å². The maximum absolute atomic E-state index is 13.6. The number of carbonyl (C=O) groups excluding carboxylic acids is 1. The number of hydrogen-bond acceptors (Lipinski definition) is 2. The molecular weight excluding hydrogens is 334 g/mol. The number of benzene rings is 2. The van der Waals surface area contributed by atoms with E-state index >= 15 is 0 Å². The summed E-state index contributed by atoms with van der Waals surface area (Å²) in [7, 11) is 0. The molecule has 0 N–H and O–H groups in total. The lowest BCUT2D eigenvalue weighted by Gasteiger charge is -2.34. The van der Waals surface area contributed by atoms with Gasteiger partial charge in [0.15, 0.2) is 0 Å². The molecule has 1 amide bonds. The summed E-state index contributed by atoms with van der Waals surface area (Å²) in [5.74, 6) is -1.55. The van der Waals surface area contributed by atoms with Crippen LogP contribution in [0.15, 0.2) is 54.6 Å². The normalized spacial score (nSPS) is 15.5. The second-order valence-electron chi connectivity index (χ2n) is 6.37. The van der Waals surface area contributed by atoms with Gasteiger partial charge >= 0.3 is 0 Å². The Morgan fingerprint density at radius 3 is 2.23 bits per heavy atom. The van der Waals surface area contributed by atoms with Crippen LogP contribution in [0.1, 0.15) is 11.1 Å². The SMILES string of the molecule is O=C(C=Cc1c(F)cccc1F)N1CCN(CCc2ccccc2)CC1. The number of amides is 1. The maximum Gasteiger partial charge on any atom is 0.246 e. The van der Waals surface area contributed by atoms with Crippen LogP contribution in [0.5, 0.6) is 0 Å². The molecule has 0 aliphatic carbocycles. The molecule has 0 radical (unpaired) electrons. The highest BCUT2D eigenvalue weighted by molar-refractivity contribution is 5.91. The molecule has 0 bridgehead atoms. The summed E-state index contributed by atoms with van der Waals surface area (Å²) < 4.78 is 27.2.